The molecule has 1 heterocycles. The number of amides is 2. The highest BCUT2D eigenvalue weighted by Crippen LogP contribution is 2.31. The molecule has 1 aliphatic heterocycles. The molecular formula is C17H28N2O4. The predicted molar refractivity (Wildman–Crippen MR) is 85.6 cm³/mol. The van der Waals surface area contributed by atoms with Gasteiger partial charge in [0.05, 0.1) is 5.92 Å². The van der Waals surface area contributed by atoms with Gasteiger partial charge in [-0.1, -0.05) is 20.8 Å². The zero-order valence-electron chi connectivity index (χ0n) is 14.2. The second kappa shape index (κ2) is 7.32. The molecule has 0 aromatic rings. The van der Waals surface area contributed by atoms with Crippen molar-refractivity contribution in [3.8, 4) is 0 Å². The maximum atomic E-state index is 12.3. The minimum atomic E-state index is -1.03. The first-order valence-corrected chi connectivity index (χ1v) is 8.62. The van der Waals surface area contributed by atoms with Crippen LogP contribution in [0.1, 0.15) is 52.9 Å². The Hall–Kier alpha value is -1.59. The molecule has 0 aromatic heterocycles. The minimum Gasteiger partial charge on any atom is -0.480 e. The highest BCUT2D eigenvalue weighted by Gasteiger charge is 2.39. The van der Waals surface area contributed by atoms with Gasteiger partial charge in [-0.15, -0.1) is 0 Å². The lowest BCUT2D eigenvalue weighted by Gasteiger charge is -2.33. The van der Waals surface area contributed by atoms with E-state index in [0.717, 1.165) is 25.7 Å². The lowest BCUT2D eigenvalue weighted by atomic mass is 9.86. The number of carbonyl (C=O) groups excluding carboxylic acids is 2. The van der Waals surface area contributed by atoms with E-state index in [4.69, 9.17) is 0 Å². The average Bonchev–Trinajstić information content (AvgIpc) is 2.86. The van der Waals surface area contributed by atoms with Crippen molar-refractivity contribution in [2.45, 2.75) is 65.0 Å². The Labute approximate surface area is 137 Å². The molecular weight excluding hydrogens is 296 g/mol. The van der Waals surface area contributed by atoms with Gasteiger partial charge in [0.2, 0.25) is 11.8 Å². The standard InChI is InChI=1S/C17H28N2O4/c1-10(2)15(17(22)23)18-16(21)12-8-14(20)19(9-12)13-6-4-11(3)5-7-13/h10-13,15H,4-9H2,1-3H3,(H,18,21)(H,22,23). The smallest absolute Gasteiger partial charge is 0.326 e. The second-order valence-electron chi connectivity index (χ2n) is 7.43. The van der Waals surface area contributed by atoms with Gasteiger partial charge in [0, 0.05) is 19.0 Å². The van der Waals surface area contributed by atoms with Crippen molar-refractivity contribution >= 4 is 17.8 Å². The van der Waals surface area contributed by atoms with E-state index in [-0.39, 0.29) is 30.2 Å². The normalized spacial score (nSPS) is 29.7. The van der Waals surface area contributed by atoms with Crippen LogP contribution < -0.4 is 5.32 Å². The molecule has 1 saturated carbocycles. The van der Waals surface area contributed by atoms with Crippen molar-refractivity contribution in [1.29, 1.82) is 0 Å². The molecule has 2 unspecified atom stereocenters. The summed E-state index contributed by atoms with van der Waals surface area (Å²) in [5.74, 6) is -1.22. The predicted octanol–water partition coefficient (Wildman–Crippen LogP) is 1.64. The van der Waals surface area contributed by atoms with Gasteiger partial charge in [-0.2, -0.15) is 0 Å². The highest BCUT2D eigenvalue weighted by atomic mass is 16.4. The van der Waals surface area contributed by atoms with E-state index in [1.54, 1.807) is 13.8 Å². The largest absolute Gasteiger partial charge is 0.480 e. The summed E-state index contributed by atoms with van der Waals surface area (Å²) >= 11 is 0. The fraction of sp³-hybridized carbons (Fsp3) is 0.824. The number of hydrogen-bond acceptors (Lipinski definition) is 3. The van der Waals surface area contributed by atoms with Crippen molar-refractivity contribution in [2.24, 2.45) is 17.8 Å². The first-order valence-electron chi connectivity index (χ1n) is 8.62. The van der Waals surface area contributed by atoms with Gasteiger partial charge < -0.3 is 15.3 Å². The Bertz CT molecular complexity index is 469. The Morgan fingerprint density at radius 2 is 1.83 bits per heavy atom. The van der Waals surface area contributed by atoms with Crippen molar-refractivity contribution in [2.75, 3.05) is 6.54 Å². The Morgan fingerprint density at radius 1 is 1.22 bits per heavy atom. The van der Waals surface area contributed by atoms with Crippen molar-refractivity contribution in [1.82, 2.24) is 10.2 Å². The SMILES string of the molecule is CC1CCC(N2CC(C(=O)NC(C(=O)O)C(C)C)CC2=O)CC1. The van der Waals surface area contributed by atoms with Gasteiger partial charge in [-0.05, 0) is 37.5 Å². The highest BCUT2D eigenvalue weighted by molar-refractivity contribution is 5.91. The number of likely N-dealkylation sites (tertiary alicyclic amines) is 1. The zero-order chi connectivity index (χ0) is 17.1. The van der Waals surface area contributed by atoms with E-state index in [1.165, 1.54) is 0 Å². The molecule has 6 heteroatoms. The van der Waals surface area contributed by atoms with Crippen LogP contribution in [0.25, 0.3) is 0 Å². The molecule has 1 saturated heterocycles. The average molecular weight is 324 g/mol. The maximum Gasteiger partial charge on any atom is 0.326 e. The molecule has 2 fully saturated rings. The van der Waals surface area contributed by atoms with Crippen LogP contribution in [0.4, 0.5) is 0 Å². The van der Waals surface area contributed by atoms with Gasteiger partial charge in [0.15, 0.2) is 0 Å². The van der Waals surface area contributed by atoms with Gasteiger partial charge in [0.25, 0.3) is 0 Å². The van der Waals surface area contributed by atoms with Crippen LogP contribution in [0.15, 0.2) is 0 Å². The lowest BCUT2D eigenvalue weighted by molar-refractivity contribution is -0.143. The summed E-state index contributed by atoms with van der Waals surface area (Å²) in [6.07, 6.45) is 4.46. The van der Waals surface area contributed by atoms with Crippen LogP contribution in [-0.4, -0.2) is 46.4 Å². The molecule has 130 valence electrons. The Kier molecular flexibility index (Phi) is 5.65. The van der Waals surface area contributed by atoms with E-state index in [0.29, 0.717) is 12.5 Å². The summed E-state index contributed by atoms with van der Waals surface area (Å²) in [5, 5.41) is 11.8. The van der Waals surface area contributed by atoms with Crippen LogP contribution in [0.5, 0.6) is 0 Å². The zero-order valence-corrected chi connectivity index (χ0v) is 14.2. The first kappa shape index (κ1) is 17.8. The maximum absolute atomic E-state index is 12.3. The molecule has 23 heavy (non-hydrogen) atoms. The third-order valence-electron chi connectivity index (χ3n) is 5.19. The van der Waals surface area contributed by atoms with Crippen molar-refractivity contribution in [3.05, 3.63) is 0 Å². The first-order chi connectivity index (χ1) is 10.8. The fourth-order valence-corrected chi connectivity index (χ4v) is 3.60. The molecule has 0 spiro atoms. The number of nitrogens with one attached hydrogen (secondary N) is 1. The van der Waals surface area contributed by atoms with Crippen LogP contribution >= 0.6 is 0 Å². The van der Waals surface area contributed by atoms with E-state index in [2.05, 4.69) is 12.2 Å². The molecule has 2 amide bonds. The Balaban J connectivity index is 1.93. The summed E-state index contributed by atoms with van der Waals surface area (Å²) in [6.45, 7) is 6.17. The number of hydrogen-bond donors (Lipinski definition) is 2. The van der Waals surface area contributed by atoms with E-state index >= 15 is 0 Å². The summed E-state index contributed by atoms with van der Waals surface area (Å²) in [4.78, 5) is 37.6. The number of carbonyl (C=O) groups is 3. The molecule has 0 radical (unpaired) electrons. The lowest BCUT2D eigenvalue weighted by Crippen LogP contribution is -2.47. The van der Waals surface area contributed by atoms with E-state index < -0.39 is 17.9 Å². The molecule has 2 N–H and O–H groups in total. The molecule has 2 aliphatic rings. The van der Waals surface area contributed by atoms with Crippen LogP contribution in [0.2, 0.25) is 0 Å². The molecule has 6 nitrogen and oxygen atoms in total. The second-order valence-corrected chi connectivity index (χ2v) is 7.43. The van der Waals surface area contributed by atoms with Gasteiger partial charge in [0.1, 0.15) is 6.04 Å². The summed E-state index contributed by atoms with van der Waals surface area (Å²) < 4.78 is 0. The van der Waals surface area contributed by atoms with Crippen LogP contribution in [0, 0.1) is 17.8 Å². The monoisotopic (exact) mass is 324 g/mol. The Morgan fingerprint density at radius 3 is 2.35 bits per heavy atom. The van der Waals surface area contributed by atoms with E-state index in [1.807, 2.05) is 4.90 Å². The fourth-order valence-electron chi connectivity index (χ4n) is 3.60. The van der Waals surface area contributed by atoms with E-state index in [9.17, 15) is 19.5 Å². The third kappa shape index (κ3) is 4.24. The number of carboxylic acid groups (broad SMARTS) is 1. The number of nitrogens with zero attached hydrogens (tertiary/aromatic N) is 1. The van der Waals surface area contributed by atoms with Crippen molar-refractivity contribution in [3.63, 3.8) is 0 Å². The van der Waals surface area contributed by atoms with Crippen LogP contribution in [-0.2, 0) is 14.4 Å². The molecule has 1 aliphatic carbocycles. The van der Waals surface area contributed by atoms with Crippen LogP contribution in [0.3, 0.4) is 0 Å². The van der Waals surface area contributed by atoms with Gasteiger partial charge >= 0.3 is 5.97 Å². The summed E-state index contributed by atoms with van der Waals surface area (Å²) in [7, 11) is 0. The summed E-state index contributed by atoms with van der Waals surface area (Å²) in [5.41, 5.74) is 0. The molecule has 2 rings (SSSR count). The molecule has 2 atom stereocenters. The van der Waals surface area contributed by atoms with Crippen molar-refractivity contribution < 1.29 is 19.5 Å². The number of aliphatic carboxylic acids is 1. The topological polar surface area (TPSA) is 86.7 Å². The minimum absolute atomic E-state index is 0.0288. The number of rotatable bonds is 5. The van der Waals surface area contributed by atoms with Gasteiger partial charge in [-0.25, -0.2) is 4.79 Å². The quantitative estimate of drug-likeness (QED) is 0.805. The third-order valence-corrected chi connectivity index (χ3v) is 5.19. The molecule has 0 aromatic carbocycles. The van der Waals surface area contributed by atoms with Gasteiger partial charge in [-0.3, -0.25) is 9.59 Å². The number of carboxylic acids is 1. The summed E-state index contributed by atoms with van der Waals surface area (Å²) in [6, 6.07) is -0.654. The molecule has 0 bridgehead atoms.